The van der Waals surface area contributed by atoms with E-state index in [1.54, 1.807) is 42.5 Å². The normalized spacial score (nSPS) is 12.0. The number of rotatable bonds is 5. The molecule has 0 aromatic heterocycles. The summed E-state index contributed by atoms with van der Waals surface area (Å²) >= 11 is 0. The number of hydrogen-bond donors (Lipinski definition) is 1. The standard InChI is InChI=1S/C20H17NO4S/c1-25-20(22)18(16-8-3-2-4-9-16)14-26(23,24)21-19-13-7-11-15-10-5-6-12-17(15)19/h2-14,21H,1H3. The van der Waals surface area contributed by atoms with Crippen molar-refractivity contribution in [2.24, 2.45) is 0 Å². The third kappa shape index (κ3) is 3.92. The summed E-state index contributed by atoms with van der Waals surface area (Å²) in [6, 6.07) is 21.3. The van der Waals surface area contributed by atoms with E-state index in [4.69, 9.17) is 4.74 Å². The molecule has 3 rings (SSSR count). The van der Waals surface area contributed by atoms with Crippen molar-refractivity contribution in [2.75, 3.05) is 11.8 Å². The molecule has 0 radical (unpaired) electrons. The SMILES string of the molecule is COC(=O)C(=CS(=O)(=O)Nc1cccc2ccccc12)c1ccccc1. The number of sulfonamides is 1. The molecule has 0 saturated heterocycles. The van der Waals surface area contributed by atoms with Crippen LogP contribution in [0, 0.1) is 0 Å². The molecule has 0 bridgehead atoms. The second-order valence-corrected chi connectivity index (χ2v) is 7.09. The molecular weight excluding hydrogens is 350 g/mol. The summed E-state index contributed by atoms with van der Waals surface area (Å²) < 4.78 is 32.6. The van der Waals surface area contributed by atoms with Gasteiger partial charge in [0.25, 0.3) is 10.0 Å². The van der Waals surface area contributed by atoms with Crippen molar-refractivity contribution in [3.63, 3.8) is 0 Å². The molecule has 0 aliphatic heterocycles. The third-order valence-electron chi connectivity index (χ3n) is 3.80. The first-order valence-corrected chi connectivity index (χ1v) is 9.41. The van der Waals surface area contributed by atoms with E-state index in [1.165, 1.54) is 7.11 Å². The van der Waals surface area contributed by atoms with Crippen molar-refractivity contribution in [1.82, 2.24) is 0 Å². The van der Waals surface area contributed by atoms with E-state index in [9.17, 15) is 13.2 Å². The van der Waals surface area contributed by atoms with Gasteiger partial charge in [0.15, 0.2) is 0 Å². The zero-order valence-electron chi connectivity index (χ0n) is 14.0. The van der Waals surface area contributed by atoms with Gasteiger partial charge < -0.3 is 4.74 Å². The van der Waals surface area contributed by atoms with E-state index in [0.29, 0.717) is 11.3 Å². The van der Waals surface area contributed by atoms with Crippen LogP contribution in [0.25, 0.3) is 16.3 Å². The minimum Gasteiger partial charge on any atom is -0.465 e. The van der Waals surface area contributed by atoms with Crippen LogP contribution in [0.3, 0.4) is 0 Å². The van der Waals surface area contributed by atoms with Gasteiger partial charge in [0.1, 0.15) is 0 Å². The van der Waals surface area contributed by atoms with Gasteiger partial charge in [-0.3, -0.25) is 4.72 Å². The van der Waals surface area contributed by atoms with Crippen LogP contribution in [0.5, 0.6) is 0 Å². The number of methoxy groups -OCH3 is 1. The Morgan fingerprint density at radius 1 is 0.923 bits per heavy atom. The van der Waals surface area contributed by atoms with Gasteiger partial charge in [-0.25, -0.2) is 13.2 Å². The molecule has 0 aliphatic carbocycles. The lowest BCUT2D eigenvalue weighted by Gasteiger charge is -2.10. The topological polar surface area (TPSA) is 72.5 Å². The summed E-state index contributed by atoms with van der Waals surface area (Å²) in [7, 11) is -2.73. The fraction of sp³-hybridized carbons (Fsp3) is 0.0500. The first-order chi connectivity index (χ1) is 12.5. The number of ether oxygens (including phenoxy) is 1. The van der Waals surface area contributed by atoms with Crippen LogP contribution in [0.15, 0.2) is 78.2 Å². The van der Waals surface area contributed by atoms with Gasteiger partial charge in [0.05, 0.1) is 23.8 Å². The van der Waals surface area contributed by atoms with Crippen molar-refractivity contribution in [2.45, 2.75) is 0 Å². The average Bonchev–Trinajstić information content (AvgIpc) is 2.66. The number of carbonyl (C=O) groups is 1. The highest BCUT2D eigenvalue weighted by Crippen LogP contribution is 2.25. The van der Waals surface area contributed by atoms with E-state index in [2.05, 4.69) is 4.72 Å². The predicted octanol–water partition coefficient (Wildman–Crippen LogP) is 3.80. The molecule has 3 aromatic rings. The highest BCUT2D eigenvalue weighted by atomic mass is 32.2. The van der Waals surface area contributed by atoms with Crippen LogP contribution >= 0.6 is 0 Å². The quantitative estimate of drug-likeness (QED) is 0.550. The number of esters is 1. The first kappa shape index (κ1) is 17.7. The Morgan fingerprint density at radius 3 is 2.31 bits per heavy atom. The van der Waals surface area contributed by atoms with Gasteiger partial charge in [-0.15, -0.1) is 0 Å². The van der Waals surface area contributed by atoms with Gasteiger partial charge in [0.2, 0.25) is 0 Å². The van der Waals surface area contributed by atoms with Crippen LogP contribution in [0.2, 0.25) is 0 Å². The van der Waals surface area contributed by atoms with E-state index in [1.807, 2.05) is 30.3 Å². The van der Waals surface area contributed by atoms with Crippen molar-refractivity contribution in [3.05, 3.63) is 83.8 Å². The maximum atomic E-state index is 12.7. The van der Waals surface area contributed by atoms with Crippen molar-refractivity contribution in [3.8, 4) is 0 Å². The molecule has 5 nitrogen and oxygen atoms in total. The monoisotopic (exact) mass is 367 g/mol. The molecule has 3 aromatic carbocycles. The van der Waals surface area contributed by atoms with Gasteiger partial charge in [-0.1, -0.05) is 66.7 Å². The molecule has 26 heavy (non-hydrogen) atoms. The smallest absolute Gasteiger partial charge is 0.339 e. The molecule has 0 atom stereocenters. The molecule has 1 N–H and O–H groups in total. The highest BCUT2D eigenvalue weighted by Gasteiger charge is 2.18. The summed E-state index contributed by atoms with van der Waals surface area (Å²) in [6.07, 6.45) is 0. The molecular formula is C20H17NO4S. The predicted molar refractivity (Wildman–Crippen MR) is 103 cm³/mol. The second kappa shape index (κ2) is 7.41. The Bertz CT molecular complexity index is 1070. The fourth-order valence-electron chi connectivity index (χ4n) is 2.61. The summed E-state index contributed by atoms with van der Waals surface area (Å²) in [6.45, 7) is 0. The number of benzene rings is 3. The number of fused-ring (bicyclic) bond motifs is 1. The second-order valence-electron chi connectivity index (χ2n) is 5.56. The maximum Gasteiger partial charge on any atom is 0.339 e. The van der Waals surface area contributed by atoms with E-state index in [0.717, 1.165) is 16.2 Å². The summed E-state index contributed by atoms with van der Waals surface area (Å²) in [4.78, 5) is 12.1. The Balaban J connectivity index is 2.03. The lowest BCUT2D eigenvalue weighted by atomic mass is 10.1. The van der Waals surface area contributed by atoms with Gasteiger partial charge in [-0.2, -0.15) is 0 Å². The van der Waals surface area contributed by atoms with Crippen LogP contribution in [-0.4, -0.2) is 21.5 Å². The fourth-order valence-corrected chi connectivity index (χ4v) is 3.70. The zero-order valence-corrected chi connectivity index (χ0v) is 14.9. The van der Waals surface area contributed by atoms with Gasteiger partial charge >= 0.3 is 5.97 Å². The number of carbonyl (C=O) groups excluding carboxylic acids is 1. The molecule has 132 valence electrons. The van der Waals surface area contributed by atoms with Crippen LogP contribution in [0.4, 0.5) is 5.69 Å². The third-order valence-corrected chi connectivity index (χ3v) is 4.86. The van der Waals surface area contributed by atoms with Crippen LogP contribution in [0.1, 0.15) is 5.56 Å². The van der Waals surface area contributed by atoms with Crippen molar-refractivity contribution >= 4 is 38.0 Å². The number of hydrogen-bond acceptors (Lipinski definition) is 4. The van der Waals surface area contributed by atoms with Gasteiger partial charge in [0, 0.05) is 5.39 Å². The Kier molecular flexibility index (Phi) is 5.04. The molecule has 0 spiro atoms. The van der Waals surface area contributed by atoms with Crippen molar-refractivity contribution < 1.29 is 17.9 Å². The average molecular weight is 367 g/mol. The summed E-state index contributed by atoms with van der Waals surface area (Å²) in [5, 5.41) is 2.58. The largest absolute Gasteiger partial charge is 0.465 e. The highest BCUT2D eigenvalue weighted by molar-refractivity contribution is 7.95. The Morgan fingerprint density at radius 2 is 1.58 bits per heavy atom. The number of anilines is 1. The van der Waals surface area contributed by atoms with Crippen LogP contribution < -0.4 is 4.72 Å². The molecule has 6 heteroatoms. The number of nitrogens with one attached hydrogen (secondary N) is 1. The molecule has 0 unspecified atom stereocenters. The zero-order chi connectivity index (χ0) is 18.6. The van der Waals surface area contributed by atoms with Crippen molar-refractivity contribution in [1.29, 1.82) is 0 Å². The maximum absolute atomic E-state index is 12.7. The molecule has 0 fully saturated rings. The Hall–Kier alpha value is -3.12. The minimum absolute atomic E-state index is 0.0409. The first-order valence-electron chi connectivity index (χ1n) is 7.86. The van der Waals surface area contributed by atoms with E-state index < -0.39 is 16.0 Å². The lowest BCUT2D eigenvalue weighted by Crippen LogP contribution is -2.13. The molecule has 0 amide bonds. The molecule has 0 aliphatic rings. The van der Waals surface area contributed by atoms with Crippen LogP contribution in [-0.2, 0) is 19.6 Å². The lowest BCUT2D eigenvalue weighted by molar-refractivity contribution is -0.133. The molecule has 0 heterocycles. The van der Waals surface area contributed by atoms with E-state index in [-0.39, 0.29) is 5.57 Å². The van der Waals surface area contributed by atoms with E-state index >= 15 is 0 Å². The summed E-state index contributed by atoms with van der Waals surface area (Å²) in [5.74, 6) is -0.723. The Labute approximate surface area is 152 Å². The summed E-state index contributed by atoms with van der Waals surface area (Å²) in [5.41, 5.74) is 0.861. The van der Waals surface area contributed by atoms with Gasteiger partial charge in [-0.05, 0) is 17.0 Å². The molecule has 0 saturated carbocycles. The minimum atomic E-state index is -3.94.